The lowest BCUT2D eigenvalue weighted by molar-refractivity contribution is 0.669. The third-order valence-corrected chi connectivity index (χ3v) is 8.64. The van der Waals surface area contributed by atoms with E-state index in [9.17, 15) is 0 Å². The molecule has 0 saturated heterocycles. The average molecular weight is 633 g/mol. The molecule has 0 unspecified atom stereocenters. The summed E-state index contributed by atoms with van der Waals surface area (Å²) >= 11 is 0. The van der Waals surface area contributed by atoms with Crippen molar-refractivity contribution in [1.82, 2.24) is 15.0 Å². The van der Waals surface area contributed by atoms with Gasteiger partial charge in [-0.15, -0.1) is 0 Å². The average Bonchev–Trinajstić information content (AvgIpc) is 3.60. The number of aromatic nitrogens is 3. The molecular formula is C45H29N3O. The highest BCUT2D eigenvalue weighted by Gasteiger charge is 2.15. The SMILES string of the molecule is [2H]c1c([2H])c([2H])c(-c2nc(-c3ccc(-c4ccccc4)cc3)nc(-c3ccc4c(c3)oc3cc(-c5cccc(-c6ccccc6)c5)ccc34)n2)c([2H])c1[2H]. The van der Waals surface area contributed by atoms with Gasteiger partial charge < -0.3 is 4.42 Å². The highest BCUT2D eigenvalue weighted by atomic mass is 16.3. The van der Waals surface area contributed by atoms with Crippen molar-refractivity contribution in [3.8, 4) is 67.5 Å². The Hall–Kier alpha value is -6.65. The molecule has 4 heteroatoms. The second kappa shape index (κ2) is 12.2. The molecular weight excluding hydrogens is 599 g/mol. The fourth-order valence-corrected chi connectivity index (χ4v) is 6.15. The molecule has 0 saturated carbocycles. The van der Waals surface area contributed by atoms with Crippen LogP contribution in [0.3, 0.4) is 0 Å². The molecule has 9 rings (SSSR count). The topological polar surface area (TPSA) is 51.8 Å². The summed E-state index contributed by atoms with van der Waals surface area (Å²) in [5, 5.41) is 1.89. The van der Waals surface area contributed by atoms with E-state index >= 15 is 0 Å². The molecule has 0 bridgehead atoms. The largest absolute Gasteiger partial charge is 0.456 e. The van der Waals surface area contributed by atoms with E-state index in [0.29, 0.717) is 22.5 Å². The fourth-order valence-electron chi connectivity index (χ4n) is 6.15. The maximum Gasteiger partial charge on any atom is 0.164 e. The molecule has 0 aliphatic rings. The second-order valence-electron chi connectivity index (χ2n) is 11.7. The molecule has 230 valence electrons. The first-order valence-corrected chi connectivity index (χ1v) is 15.9. The van der Waals surface area contributed by atoms with Gasteiger partial charge >= 0.3 is 0 Å². The zero-order valence-corrected chi connectivity index (χ0v) is 26.1. The Morgan fingerprint density at radius 3 is 1.43 bits per heavy atom. The molecule has 0 spiro atoms. The maximum atomic E-state index is 8.66. The van der Waals surface area contributed by atoms with Gasteiger partial charge in [-0.2, -0.15) is 0 Å². The van der Waals surface area contributed by atoms with Crippen molar-refractivity contribution in [3.63, 3.8) is 0 Å². The molecule has 9 aromatic rings. The fraction of sp³-hybridized carbons (Fsp3) is 0. The van der Waals surface area contributed by atoms with E-state index in [-0.39, 0.29) is 29.3 Å². The van der Waals surface area contributed by atoms with Gasteiger partial charge in [-0.3, -0.25) is 0 Å². The van der Waals surface area contributed by atoms with Crippen molar-refractivity contribution < 1.29 is 11.3 Å². The molecule has 0 atom stereocenters. The van der Waals surface area contributed by atoms with Crippen LogP contribution in [0.15, 0.2) is 180 Å². The van der Waals surface area contributed by atoms with Crippen molar-refractivity contribution in [3.05, 3.63) is 176 Å². The van der Waals surface area contributed by atoms with Gasteiger partial charge in [0.15, 0.2) is 17.5 Å². The summed E-state index contributed by atoms with van der Waals surface area (Å²) in [6.07, 6.45) is 0. The molecule has 0 fully saturated rings. The third-order valence-electron chi connectivity index (χ3n) is 8.64. The molecule has 0 N–H and O–H groups in total. The van der Waals surface area contributed by atoms with Gasteiger partial charge in [-0.25, -0.2) is 15.0 Å². The van der Waals surface area contributed by atoms with Gasteiger partial charge in [0.25, 0.3) is 0 Å². The Morgan fingerprint density at radius 1 is 0.347 bits per heavy atom. The minimum Gasteiger partial charge on any atom is -0.456 e. The lowest BCUT2D eigenvalue weighted by atomic mass is 9.98. The summed E-state index contributed by atoms with van der Waals surface area (Å²) in [5.41, 5.74) is 9.05. The quantitative estimate of drug-likeness (QED) is 0.183. The third kappa shape index (κ3) is 5.56. The van der Waals surface area contributed by atoms with E-state index in [1.54, 1.807) is 0 Å². The minimum atomic E-state index is -0.484. The molecule has 2 aromatic heterocycles. The molecule has 0 amide bonds. The van der Waals surface area contributed by atoms with E-state index in [1.807, 2.05) is 91.0 Å². The first-order valence-electron chi connectivity index (χ1n) is 18.4. The van der Waals surface area contributed by atoms with Gasteiger partial charge in [0.05, 0.1) is 6.85 Å². The van der Waals surface area contributed by atoms with Crippen molar-refractivity contribution >= 4 is 21.9 Å². The van der Waals surface area contributed by atoms with E-state index in [2.05, 4.69) is 59.6 Å². The van der Waals surface area contributed by atoms with Crippen LogP contribution >= 0.6 is 0 Å². The van der Waals surface area contributed by atoms with Crippen LogP contribution in [0.5, 0.6) is 0 Å². The maximum absolute atomic E-state index is 8.66. The Kier molecular flexibility index (Phi) is 5.87. The van der Waals surface area contributed by atoms with Gasteiger partial charge in [-0.1, -0.05) is 145 Å². The first-order chi connectivity index (χ1) is 26.3. The van der Waals surface area contributed by atoms with Crippen molar-refractivity contribution in [2.45, 2.75) is 0 Å². The van der Waals surface area contributed by atoms with Crippen LogP contribution in [0.2, 0.25) is 0 Å². The molecule has 7 aromatic carbocycles. The van der Waals surface area contributed by atoms with Gasteiger partial charge in [-0.05, 0) is 63.7 Å². The Labute approximate surface area is 291 Å². The summed E-state index contributed by atoms with van der Waals surface area (Å²) < 4.78 is 48.5. The number of hydrogen-bond donors (Lipinski definition) is 0. The molecule has 49 heavy (non-hydrogen) atoms. The highest BCUT2D eigenvalue weighted by Crippen LogP contribution is 2.36. The minimum absolute atomic E-state index is 0.0220. The number of fused-ring (bicyclic) bond motifs is 3. The monoisotopic (exact) mass is 632 g/mol. The molecule has 0 aliphatic heterocycles. The van der Waals surface area contributed by atoms with Crippen LogP contribution in [-0.4, -0.2) is 15.0 Å². The van der Waals surface area contributed by atoms with E-state index in [1.165, 1.54) is 0 Å². The van der Waals surface area contributed by atoms with E-state index in [0.717, 1.165) is 49.7 Å². The number of benzene rings is 7. The standard InChI is InChI=1S/C45H29N3O/c1-4-11-30(12-5-1)32-19-21-34(22-20-32)44-46-43(33-15-8-3-9-16-33)47-45(48-44)38-24-26-40-39-25-23-37(28-41(39)49-42(40)29-38)36-18-10-17-35(27-36)31-13-6-2-7-14-31/h1-29H/i3D,8D,9D,15D,16D. The van der Waals surface area contributed by atoms with Gasteiger partial charge in [0.1, 0.15) is 11.2 Å². The van der Waals surface area contributed by atoms with Crippen LogP contribution in [0.25, 0.3) is 89.5 Å². The van der Waals surface area contributed by atoms with Crippen LogP contribution < -0.4 is 0 Å². The number of hydrogen-bond acceptors (Lipinski definition) is 4. The summed E-state index contributed by atoms with van der Waals surface area (Å²) in [5.74, 6) is 0.550. The molecule has 4 nitrogen and oxygen atoms in total. The zero-order chi connectivity index (χ0) is 36.9. The molecule has 0 radical (unpaired) electrons. The van der Waals surface area contributed by atoms with Gasteiger partial charge in [0, 0.05) is 27.5 Å². The number of nitrogens with zero attached hydrogens (tertiary/aromatic N) is 3. The smallest absolute Gasteiger partial charge is 0.164 e. The summed E-state index contributed by atoms with van der Waals surface area (Å²) in [4.78, 5) is 14.3. The Morgan fingerprint density at radius 2 is 0.776 bits per heavy atom. The molecule has 0 aliphatic carbocycles. The lowest BCUT2D eigenvalue weighted by Gasteiger charge is -2.09. The van der Waals surface area contributed by atoms with Crippen LogP contribution in [-0.2, 0) is 0 Å². The van der Waals surface area contributed by atoms with E-state index in [4.69, 9.17) is 21.2 Å². The predicted octanol–water partition coefficient (Wildman–Crippen LogP) is 11.8. The van der Waals surface area contributed by atoms with Crippen molar-refractivity contribution in [1.29, 1.82) is 0 Å². The number of rotatable bonds is 6. The Bertz CT molecular complexity index is 2850. The summed E-state index contributed by atoms with van der Waals surface area (Å²) in [7, 11) is 0. The van der Waals surface area contributed by atoms with Crippen LogP contribution in [0.1, 0.15) is 6.85 Å². The second-order valence-corrected chi connectivity index (χ2v) is 11.7. The van der Waals surface area contributed by atoms with E-state index < -0.39 is 18.1 Å². The predicted molar refractivity (Wildman–Crippen MR) is 200 cm³/mol. The Balaban J connectivity index is 1.15. The summed E-state index contributed by atoms with van der Waals surface area (Å²) in [6, 6.07) is 46.3. The number of furan rings is 1. The van der Waals surface area contributed by atoms with Crippen molar-refractivity contribution in [2.75, 3.05) is 0 Å². The normalized spacial score (nSPS) is 12.7. The van der Waals surface area contributed by atoms with Crippen LogP contribution in [0.4, 0.5) is 0 Å². The van der Waals surface area contributed by atoms with Gasteiger partial charge in [0.2, 0.25) is 0 Å². The first kappa shape index (κ1) is 23.6. The highest BCUT2D eigenvalue weighted by molar-refractivity contribution is 6.06. The summed E-state index contributed by atoms with van der Waals surface area (Å²) in [6.45, 7) is 0. The zero-order valence-electron chi connectivity index (χ0n) is 31.1. The lowest BCUT2D eigenvalue weighted by Crippen LogP contribution is -2.00. The van der Waals surface area contributed by atoms with Crippen LogP contribution in [0, 0.1) is 0 Å². The molecule has 2 heterocycles. The van der Waals surface area contributed by atoms with Crippen molar-refractivity contribution in [2.24, 2.45) is 0 Å².